The molecule has 1 fully saturated rings. The van der Waals surface area contributed by atoms with E-state index in [1.165, 1.54) is 0 Å². The van der Waals surface area contributed by atoms with Gasteiger partial charge in [-0.05, 0) is 43.0 Å². The van der Waals surface area contributed by atoms with E-state index < -0.39 is 0 Å². The Labute approximate surface area is 202 Å². The number of hydrogen-bond acceptors (Lipinski definition) is 4. The Bertz CT molecular complexity index is 1150. The summed E-state index contributed by atoms with van der Waals surface area (Å²) in [5, 5.41) is 4.09. The lowest BCUT2D eigenvalue weighted by molar-refractivity contribution is -0.132. The fraction of sp³-hybridized carbons (Fsp3) is 0.393. The predicted octanol–water partition coefficient (Wildman–Crippen LogP) is 3.81. The molecule has 0 spiro atoms. The van der Waals surface area contributed by atoms with Crippen LogP contribution < -0.4 is 5.32 Å². The number of pyridine rings is 1. The molecule has 0 saturated carbocycles. The first-order valence-corrected chi connectivity index (χ1v) is 12.2. The summed E-state index contributed by atoms with van der Waals surface area (Å²) in [6, 6.07) is 18.6. The number of nitrogens with zero attached hydrogens (tertiary/aromatic N) is 3. The number of amides is 2. The van der Waals surface area contributed by atoms with Gasteiger partial charge in [-0.3, -0.25) is 19.5 Å². The largest absolute Gasteiger partial charge is 0.353 e. The van der Waals surface area contributed by atoms with Gasteiger partial charge in [0.05, 0.1) is 18.5 Å². The summed E-state index contributed by atoms with van der Waals surface area (Å²) in [5.74, 6) is 0.167. The number of hydrogen-bond donors (Lipinski definition) is 1. The highest BCUT2D eigenvalue weighted by Crippen LogP contribution is 2.33. The van der Waals surface area contributed by atoms with E-state index in [9.17, 15) is 9.59 Å². The van der Waals surface area contributed by atoms with Gasteiger partial charge in [0.2, 0.25) is 11.8 Å². The van der Waals surface area contributed by atoms with Crippen LogP contribution >= 0.6 is 0 Å². The molecule has 6 nitrogen and oxygen atoms in total. The third kappa shape index (κ3) is 5.45. The minimum atomic E-state index is 0.0551. The number of aromatic nitrogens is 1. The number of para-hydroxylation sites is 1. The van der Waals surface area contributed by atoms with E-state index in [2.05, 4.69) is 35.3 Å². The number of rotatable bonds is 7. The van der Waals surface area contributed by atoms with Crippen molar-refractivity contribution in [2.75, 3.05) is 32.7 Å². The van der Waals surface area contributed by atoms with Gasteiger partial charge in [0.25, 0.3) is 0 Å². The molecule has 1 saturated heterocycles. The zero-order chi connectivity index (χ0) is 24.1. The van der Waals surface area contributed by atoms with Crippen molar-refractivity contribution in [2.45, 2.75) is 39.7 Å². The van der Waals surface area contributed by atoms with Gasteiger partial charge in [0.15, 0.2) is 0 Å². The molecule has 1 N–H and O–H groups in total. The molecule has 3 aromatic rings. The van der Waals surface area contributed by atoms with Gasteiger partial charge in [0, 0.05) is 43.3 Å². The first-order chi connectivity index (χ1) is 16.5. The number of fused-ring (bicyclic) bond motifs is 1. The van der Waals surface area contributed by atoms with Gasteiger partial charge in [-0.15, -0.1) is 0 Å². The Balaban J connectivity index is 1.49. The highest BCUT2D eigenvalue weighted by molar-refractivity contribution is 5.98. The number of benzene rings is 2. The molecule has 1 atom stereocenters. The summed E-state index contributed by atoms with van der Waals surface area (Å²) in [7, 11) is 0. The molecule has 1 aliphatic heterocycles. The van der Waals surface area contributed by atoms with Crippen molar-refractivity contribution in [3.8, 4) is 11.1 Å². The van der Waals surface area contributed by atoms with E-state index >= 15 is 0 Å². The Morgan fingerprint density at radius 3 is 2.38 bits per heavy atom. The normalized spacial score (nSPS) is 15.3. The quantitative estimate of drug-likeness (QED) is 0.585. The summed E-state index contributed by atoms with van der Waals surface area (Å²) in [5.41, 5.74) is 5.03. The average Bonchev–Trinajstić information content (AvgIpc) is 2.85. The summed E-state index contributed by atoms with van der Waals surface area (Å²) in [6.07, 6.45) is 1.24. The van der Waals surface area contributed by atoms with Crippen molar-refractivity contribution in [1.29, 1.82) is 0 Å². The zero-order valence-corrected chi connectivity index (χ0v) is 20.4. The van der Waals surface area contributed by atoms with E-state index in [0.717, 1.165) is 39.7 Å². The third-order valence-electron chi connectivity index (χ3n) is 6.70. The molecule has 178 valence electrons. The van der Waals surface area contributed by atoms with Crippen LogP contribution in [0.2, 0.25) is 0 Å². The smallest absolute Gasteiger partial charge is 0.234 e. The molecule has 2 heterocycles. The molecular formula is C28H34N4O2. The van der Waals surface area contributed by atoms with Gasteiger partial charge in [0.1, 0.15) is 0 Å². The van der Waals surface area contributed by atoms with Crippen LogP contribution in [0.25, 0.3) is 22.0 Å². The maximum atomic E-state index is 13.4. The van der Waals surface area contributed by atoms with E-state index in [-0.39, 0.29) is 17.9 Å². The van der Waals surface area contributed by atoms with E-state index in [1.807, 2.05) is 55.1 Å². The minimum Gasteiger partial charge on any atom is -0.353 e. The van der Waals surface area contributed by atoms with E-state index in [4.69, 9.17) is 4.98 Å². The Morgan fingerprint density at radius 2 is 1.68 bits per heavy atom. The molecule has 1 aliphatic rings. The summed E-state index contributed by atoms with van der Waals surface area (Å²) in [6.45, 7) is 9.15. The van der Waals surface area contributed by atoms with Crippen LogP contribution in [0.15, 0.2) is 54.6 Å². The van der Waals surface area contributed by atoms with Crippen LogP contribution in [0.3, 0.4) is 0 Å². The predicted molar refractivity (Wildman–Crippen MR) is 137 cm³/mol. The van der Waals surface area contributed by atoms with Gasteiger partial charge >= 0.3 is 0 Å². The highest BCUT2D eigenvalue weighted by atomic mass is 16.2. The molecule has 6 heteroatoms. The zero-order valence-electron chi connectivity index (χ0n) is 20.4. The molecular weight excluding hydrogens is 424 g/mol. The Kier molecular flexibility index (Phi) is 7.58. The number of piperazine rings is 1. The maximum Gasteiger partial charge on any atom is 0.234 e. The van der Waals surface area contributed by atoms with Crippen LogP contribution in [0.5, 0.6) is 0 Å². The van der Waals surface area contributed by atoms with Crippen molar-refractivity contribution in [3.63, 3.8) is 0 Å². The molecule has 1 aromatic heterocycles. The summed E-state index contributed by atoms with van der Waals surface area (Å²) >= 11 is 0. The Morgan fingerprint density at radius 1 is 1.00 bits per heavy atom. The minimum absolute atomic E-state index is 0.0551. The van der Waals surface area contributed by atoms with Crippen LogP contribution in [0.1, 0.15) is 31.5 Å². The van der Waals surface area contributed by atoms with Gasteiger partial charge in [-0.2, -0.15) is 0 Å². The first kappa shape index (κ1) is 23.9. The monoisotopic (exact) mass is 458 g/mol. The third-order valence-corrected chi connectivity index (χ3v) is 6.70. The van der Waals surface area contributed by atoms with Gasteiger partial charge in [-0.25, -0.2) is 0 Å². The van der Waals surface area contributed by atoms with E-state index in [0.29, 0.717) is 39.1 Å². The lowest BCUT2D eigenvalue weighted by atomic mass is 9.92. The van der Waals surface area contributed by atoms with Crippen LogP contribution in [0.4, 0.5) is 0 Å². The van der Waals surface area contributed by atoms with E-state index in [1.54, 1.807) is 0 Å². The number of carbonyl (C=O) groups excluding carboxylic acids is 2. The molecule has 0 bridgehead atoms. The topological polar surface area (TPSA) is 65.5 Å². The number of nitrogens with one attached hydrogen (secondary N) is 1. The number of carbonyl (C=O) groups is 2. The summed E-state index contributed by atoms with van der Waals surface area (Å²) < 4.78 is 0. The van der Waals surface area contributed by atoms with Crippen LogP contribution in [-0.4, -0.2) is 65.4 Å². The maximum absolute atomic E-state index is 13.4. The molecule has 0 aliphatic carbocycles. The van der Waals surface area contributed by atoms with Crippen molar-refractivity contribution in [3.05, 3.63) is 65.9 Å². The molecule has 1 unspecified atom stereocenters. The standard InChI is InChI=1S/C28H34N4O2/c1-4-20(2)29-26(33)19-31-14-16-32(17-15-31)27(34)18-24-21(3)30-25-13-9-8-12-23(25)28(24)22-10-6-5-7-11-22/h5-13,20H,4,14-19H2,1-3H3,(H,29,33). The van der Waals surface area contributed by atoms with Crippen LogP contribution in [-0.2, 0) is 16.0 Å². The molecule has 4 rings (SSSR count). The highest BCUT2D eigenvalue weighted by Gasteiger charge is 2.25. The second-order valence-corrected chi connectivity index (χ2v) is 9.14. The van der Waals surface area contributed by atoms with Crippen molar-refractivity contribution >= 4 is 22.7 Å². The van der Waals surface area contributed by atoms with Gasteiger partial charge in [-0.1, -0.05) is 55.5 Å². The van der Waals surface area contributed by atoms with Crippen molar-refractivity contribution in [2.24, 2.45) is 0 Å². The molecule has 2 amide bonds. The fourth-order valence-electron chi connectivity index (χ4n) is 4.57. The molecule has 2 aromatic carbocycles. The second-order valence-electron chi connectivity index (χ2n) is 9.14. The van der Waals surface area contributed by atoms with Crippen molar-refractivity contribution < 1.29 is 9.59 Å². The lowest BCUT2D eigenvalue weighted by Gasteiger charge is -2.34. The lowest BCUT2D eigenvalue weighted by Crippen LogP contribution is -2.52. The fourth-order valence-corrected chi connectivity index (χ4v) is 4.57. The van der Waals surface area contributed by atoms with Crippen LogP contribution in [0, 0.1) is 6.92 Å². The van der Waals surface area contributed by atoms with Crippen molar-refractivity contribution in [1.82, 2.24) is 20.1 Å². The average molecular weight is 459 g/mol. The SMILES string of the molecule is CCC(C)NC(=O)CN1CCN(C(=O)Cc2c(C)nc3ccccc3c2-c2ccccc2)CC1. The second kappa shape index (κ2) is 10.8. The first-order valence-electron chi connectivity index (χ1n) is 12.2. The van der Waals surface area contributed by atoms with Gasteiger partial charge < -0.3 is 10.2 Å². The molecule has 34 heavy (non-hydrogen) atoms. The Hall–Kier alpha value is -3.25. The summed E-state index contributed by atoms with van der Waals surface area (Å²) in [4.78, 5) is 34.4. The molecule has 0 radical (unpaired) electrons. The number of aryl methyl sites for hydroxylation is 1.